The summed E-state index contributed by atoms with van der Waals surface area (Å²) in [7, 11) is 0. The third-order valence-corrected chi connectivity index (χ3v) is 4.80. The van der Waals surface area contributed by atoms with Crippen LogP contribution >= 0.6 is 36.2 Å². The molecule has 0 aromatic carbocycles. The molecule has 7 nitrogen and oxygen atoms in total. The van der Waals surface area contributed by atoms with Gasteiger partial charge in [-0.15, -0.1) is 41.2 Å². The number of rotatable bonds is 5. The van der Waals surface area contributed by atoms with E-state index >= 15 is 0 Å². The van der Waals surface area contributed by atoms with Crippen LogP contribution in [0.25, 0.3) is 0 Å². The van der Waals surface area contributed by atoms with Crippen molar-refractivity contribution in [3.8, 4) is 0 Å². The lowest BCUT2D eigenvalue weighted by atomic mass is 10.1. The molecule has 1 amide bonds. The number of aromatic nitrogens is 4. The van der Waals surface area contributed by atoms with E-state index in [9.17, 15) is 4.79 Å². The first-order valence-electron chi connectivity index (χ1n) is 7.60. The number of halogens is 2. The van der Waals surface area contributed by atoms with Gasteiger partial charge in [-0.2, -0.15) is 0 Å². The van der Waals surface area contributed by atoms with Crippen molar-refractivity contribution in [1.29, 1.82) is 0 Å². The van der Waals surface area contributed by atoms with Crippen molar-refractivity contribution in [3.05, 3.63) is 28.0 Å². The highest BCUT2D eigenvalue weighted by atomic mass is 35.5. The second kappa shape index (κ2) is 9.93. The Morgan fingerprint density at radius 3 is 2.83 bits per heavy atom. The highest BCUT2D eigenvalue weighted by Gasteiger charge is 2.18. The number of aryl methyl sites for hydroxylation is 1. The fourth-order valence-electron chi connectivity index (χ4n) is 2.48. The molecular weight excluding hydrogens is 371 g/mol. The molecule has 3 heterocycles. The summed E-state index contributed by atoms with van der Waals surface area (Å²) >= 11 is 1.62. The summed E-state index contributed by atoms with van der Waals surface area (Å²) in [5.74, 6) is -0.203. The maximum atomic E-state index is 12.1. The molecule has 0 bridgehead atoms. The molecule has 1 aliphatic rings. The van der Waals surface area contributed by atoms with Crippen molar-refractivity contribution < 1.29 is 4.79 Å². The number of carbonyl (C=O) groups is 1. The van der Waals surface area contributed by atoms with Crippen LogP contribution in [0.1, 0.15) is 47.0 Å². The molecule has 0 saturated carbocycles. The Morgan fingerprint density at radius 2 is 2.17 bits per heavy atom. The van der Waals surface area contributed by atoms with Gasteiger partial charge in [-0.05, 0) is 32.4 Å². The first kappa shape index (κ1) is 20.8. The van der Waals surface area contributed by atoms with Gasteiger partial charge in [0, 0.05) is 5.38 Å². The lowest BCUT2D eigenvalue weighted by Crippen LogP contribution is -2.29. The van der Waals surface area contributed by atoms with E-state index in [0.717, 1.165) is 43.1 Å². The predicted molar refractivity (Wildman–Crippen MR) is 98.3 cm³/mol. The molecule has 2 N–H and O–H groups in total. The molecule has 1 aliphatic heterocycles. The summed E-state index contributed by atoms with van der Waals surface area (Å²) in [6, 6.07) is 0.334. The molecule has 1 saturated heterocycles. The minimum atomic E-state index is -0.203. The van der Waals surface area contributed by atoms with Crippen LogP contribution in [-0.2, 0) is 13.0 Å². The van der Waals surface area contributed by atoms with Crippen molar-refractivity contribution in [2.45, 2.75) is 38.8 Å². The van der Waals surface area contributed by atoms with E-state index in [4.69, 9.17) is 0 Å². The number of amides is 1. The van der Waals surface area contributed by atoms with Gasteiger partial charge in [-0.25, -0.2) is 9.67 Å². The largest absolute Gasteiger partial charge is 0.345 e. The van der Waals surface area contributed by atoms with E-state index in [1.54, 1.807) is 17.5 Å². The number of nitrogens with zero attached hydrogens (tertiary/aromatic N) is 4. The summed E-state index contributed by atoms with van der Waals surface area (Å²) in [6.45, 7) is 4.46. The van der Waals surface area contributed by atoms with Crippen LogP contribution in [0.2, 0.25) is 0 Å². The monoisotopic (exact) mass is 392 g/mol. The van der Waals surface area contributed by atoms with Crippen LogP contribution in [0.3, 0.4) is 0 Å². The SMILES string of the molecule is CCc1nc(CNC(=O)c2cn(C3CCNCC3)nn2)cs1.Cl.Cl. The van der Waals surface area contributed by atoms with Gasteiger partial charge < -0.3 is 10.6 Å². The van der Waals surface area contributed by atoms with Gasteiger partial charge in [0.2, 0.25) is 0 Å². The molecule has 1 fully saturated rings. The number of carbonyl (C=O) groups excluding carboxylic acids is 1. The fourth-order valence-corrected chi connectivity index (χ4v) is 3.23. The standard InChI is InChI=1S/C14H20N6OS.2ClH/c1-2-13-17-10(9-22-13)7-16-14(21)12-8-20(19-18-12)11-3-5-15-6-4-11;;/h8-9,11,15H,2-7H2,1H3,(H,16,21);2*1H. The zero-order valence-corrected chi connectivity index (χ0v) is 15.8. The summed E-state index contributed by atoms with van der Waals surface area (Å²) in [6.07, 6.45) is 4.69. The van der Waals surface area contributed by atoms with Crippen molar-refractivity contribution in [2.75, 3.05) is 13.1 Å². The highest BCUT2D eigenvalue weighted by Crippen LogP contribution is 2.17. The van der Waals surface area contributed by atoms with E-state index < -0.39 is 0 Å². The fraction of sp³-hybridized carbons (Fsp3) is 0.571. The van der Waals surface area contributed by atoms with Crippen LogP contribution in [0.4, 0.5) is 0 Å². The zero-order chi connectivity index (χ0) is 15.4. The Balaban J connectivity index is 0.00000144. The molecule has 0 atom stereocenters. The van der Waals surface area contributed by atoms with E-state index in [2.05, 4.69) is 32.9 Å². The quantitative estimate of drug-likeness (QED) is 0.812. The Bertz CT molecular complexity index is 641. The van der Waals surface area contributed by atoms with Gasteiger partial charge in [0.25, 0.3) is 5.91 Å². The van der Waals surface area contributed by atoms with Gasteiger partial charge in [0.15, 0.2) is 5.69 Å². The second-order valence-electron chi connectivity index (χ2n) is 5.33. The first-order valence-corrected chi connectivity index (χ1v) is 8.48. The van der Waals surface area contributed by atoms with Crippen molar-refractivity contribution >= 4 is 42.1 Å². The number of thiazole rings is 1. The van der Waals surface area contributed by atoms with E-state index in [0.29, 0.717) is 18.3 Å². The summed E-state index contributed by atoms with van der Waals surface area (Å²) in [4.78, 5) is 16.6. The number of hydrogen-bond donors (Lipinski definition) is 2. The molecule has 2 aromatic heterocycles. The Labute approximate surface area is 157 Å². The van der Waals surface area contributed by atoms with Gasteiger partial charge in [-0.3, -0.25) is 4.79 Å². The molecule has 134 valence electrons. The molecule has 0 radical (unpaired) electrons. The third-order valence-electron chi connectivity index (χ3n) is 3.76. The first-order chi connectivity index (χ1) is 10.8. The molecule has 0 spiro atoms. The summed E-state index contributed by atoms with van der Waals surface area (Å²) in [5, 5.41) is 17.3. The van der Waals surface area contributed by atoms with E-state index in [-0.39, 0.29) is 30.7 Å². The summed E-state index contributed by atoms with van der Waals surface area (Å²) < 4.78 is 1.81. The van der Waals surface area contributed by atoms with E-state index in [1.165, 1.54) is 0 Å². The number of hydrogen-bond acceptors (Lipinski definition) is 6. The van der Waals surface area contributed by atoms with Crippen molar-refractivity contribution in [3.63, 3.8) is 0 Å². The van der Waals surface area contributed by atoms with Gasteiger partial charge in [-0.1, -0.05) is 12.1 Å². The molecule has 3 rings (SSSR count). The molecular formula is C14H22Cl2N6OS. The van der Waals surface area contributed by atoms with Crippen LogP contribution in [0.15, 0.2) is 11.6 Å². The predicted octanol–water partition coefficient (Wildman–Crippen LogP) is 2.00. The summed E-state index contributed by atoms with van der Waals surface area (Å²) in [5.41, 5.74) is 1.26. The average molecular weight is 393 g/mol. The van der Waals surface area contributed by atoms with E-state index in [1.807, 2.05) is 10.1 Å². The molecule has 0 aliphatic carbocycles. The number of nitrogens with one attached hydrogen (secondary N) is 2. The maximum Gasteiger partial charge on any atom is 0.273 e. The minimum Gasteiger partial charge on any atom is -0.345 e. The van der Waals surface area contributed by atoms with Crippen LogP contribution in [0.5, 0.6) is 0 Å². The van der Waals surface area contributed by atoms with Gasteiger partial charge >= 0.3 is 0 Å². The molecule has 2 aromatic rings. The second-order valence-corrected chi connectivity index (χ2v) is 6.28. The van der Waals surface area contributed by atoms with Crippen LogP contribution in [0, 0.1) is 0 Å². The Morgan fingerprint density at radius 1 is 1.42 bits per heavy atom. The third kappa shape index (κ3) is 5.14. The zero-order valence-electron chi connectivity index (χ0n) is 13.4. The smallest absolute Gasteiger partial charge is 0.273 e. The van der Waals surface area contributed by atoms with Gasteiger partial charge in [0.05, 0.1) is 29.5 Å². The molecule has 24 heavy (non-hydrogen) atoms. The maximum absolute atomic E-state index is 12.1. The topological polar surface area (TPSA) is 84.7 Å². The average Bonchev–Trinajstić information content (AvgIpc) is 3.22. The molecule has 10 heteroatoms. The molecule has 0 unspecified atom stereocenters. The van der Waals surface area contributed by atoms with Crippen molar-refractivity contribution in [1.82, 2.24) is 30.6 Å². The normalized spacial score (nSPS) is 14.5. The Kier molecular flexibility index (Phi) is 8.61. The van der Waals surface area contributed by atoms with Gasteiger partial charge in [0.1, 0.15) is 0 Å². The lowest BCUT2D eigenvalue weighted by Gasteiger charge is -2.22. The number of piperidine rings is 1. The van der Waals surface area contributed by atoms with Crippen LogP contribution < -0.4 is 10.6 Å². The minimum absolute atomic E-state index is 0. The van der Waals surface area contributed by atoms with Crippen molar-refractivity contribution in [2.24, 2.45) is 0 Å². The van der Waals surface area contributed by atoms with Crippen LogP contribution in [-0.4, -0.2) is 39.0 Å². The Hall–Kier alpha value is -1.22. The lowest BCUT2D eigenvalue weighted by molar-refractivity contribution is 0.0945. The highest BCUT2D eigenvalue weighted by molar-refractivity contribution is 7.09.